The first-order valence-electron chi connectivity index (χ1n) is 8.88. The van der Waals surface area contributed by atoms with E-state index in [9.17, 15) is 14.9 Å². The smallest absolute Gasteiger partial charge is 0.293 e. The summed E-state index contributed by atoms with van der Waals surface area (Å²) in [4.78, 5) is 28.1. The summed E-state index contributed by atoms with van der Waals surface area (Å²) >= 11 is 0. The number of nitro groups is 1. The highest BCUT2D eigenvalue weighted by Gasteiger charge is 2.26. The maximum absolute atomic E-state index is 12.7. The van der Waals surface area contributed by atoms with Gasteiger partial charge in [-0.25, -0.2) is 4.98 Å². The number of aryl methyl sites for hydroxylation is 1. The first-order chi connectivity index (χ1) is 13.1. The summed E-state index contributed by atoms with van der Waals surface area (Å²) < 4.78 is 1.89. The van der Waals surface area contributed by atoms with Crippen molar-refractivity contribution in [2.24, 2.45) is 0 Å². The lowest BCUT2D eigenvalue weighted by Gasteiger charge is -2.09. The van der Waals surface area contributed by atoms with Gasteiger partial charge in [-0.2, -0.15) is 0 Å². The van der Waals surface area contributed by atoms with E-state index >= 15 is 0 Å². The van der Waals surface area contributed by atoms with E-state index in [2.05, 4.69) is 15.6 Å². The van der Waals surface area contributed by atoms with Gasteiger partial charge in [0.1, 0.15) is 5.69 Å². The lowest BCUT2D eigenvalue weighted by Crippen LogP contribution is -2.16. The molecule has 0 radical (unpaired) electrons. The van der Waals surface area contributed by atoms with Crippen LogP contribution in [-0.4, -0.2) is 26.4 Å². The number of anilines is 2. The SMILES string of the molecule is CCn1c(NC(=O)c2ccc(NC3CC3)c([N+](=O)[O-])c2)nc2ccccc21. The van der Waals surface area contributed by atoms with Gasteiger partial charge in [-0.1, -0.05) is 12.1 Å². The van der Waals surface area contributed by atoms with Gasteiger partial charge in [-0.3, -0.25) is 20.2 Å². The minimum absolute atomic E-state index is 0.0986. The predicted octanol–water partition coefficient (Wildman–Crippen LogP) is 3.79. The molecule has 0 atom stereocenters. The zero-order valence-electron chi connectivity index (χ0n) is 14.8. The molecule has 4 rings (SSSR count). The fourth-order valence-electron chi connectivity index (χ4n) is 3.06. The molecule has 1 amide bonds. The molecule has 1 aliphatic carbocycles. The Balaban J connectivity index is 1.63. The van der Waals surface area contributed by atoms with Crippen molar-refractivity contribution in [3.8, 4) is 0 Å². The number of para-hydroxylation sites is 2. The lowest BCUT2D eigenvalue weighted by atomic mass is 10.1. The summed E-state index contributed by atoms with van der Waals surface area (Å²) in [7, 11) is 0. The highest BCUT2D eigenvalue weighted by Crippen LogP contribution is 2.31. The molecule has 2 N–H and O–H groups in total. The number of aromatic nitrogens is 2. The highest BCUT2D eigenvalue weighted by atomic mass is 16.6. The number of nitro benzene ring substituents is 1. The number of amides is 1. The molecule has 1 aliphatic rings. The van der Waals surface area contributed by atoms with Gasteiger partial charge >= 0.3 is 0 Å². The molecular weight excluding hydrogens is 346 g/mol. The standard InChI is InChI=1S/C19H19N5O3/c1-2-23-16-6-4-3-5-14(16)21-19(23)22-18(25)12-7-10-15(20-13-8-9-13)17(11-12)24(26)27/h3-7,10-11,13,20H,2,8-9H2,1H3,(H,21,22,25). The minimum Gasteiger partial charge on any atom is -0.377 e. The molecule has 138 valence electrons. The number of fused-ring (bicyclic) bond motifs is 1. The van der Waals surface area contributed by atoms with E-state index in [0.717, 1.165) is 23.9 Å². The van der Waals surface area contributed by atoms with Crippen LogP contribution in [0.15, 0.2) is 42.5 Å². The van der Waals surface area contributed by atoms with Gasteiger partial charge in [0.2, 0.25) is 5.95 Å². The third-order valence-corrected chi connectivity index (χ3v) is 4.59. The average Bonchev–Trinajstić information content (AvgIpc) is 3.40. The fourth-order valence-corrected chi connectivity index (χ4v) is 3.06. The van der Waals surface area contributed by atoms with Gasteiger partial charge in [-0.15, -0.1) is 0 Å². The first-order valence-corrected chi connectivity index (χ1v) is 8.88. The summed E-state index contributed by atoms with van der Waals surface area (Å²) in [5.74, 6) is -0.00684. The number of carbonyl (C=O) groups is 1. The molecule has 0 bridgehead atoms. The molecule has 1 aromatic heterocycles. The van der Waals surface area contributed by atoms with Gasteiger partial charge in [0, 0.05) is 24.2 Å². The van der Waals surface area contributed by atoms with Crippen LogP contribution in [0.25, 0.3) is 11.0 Å². The van der Waals surface area contributed by atoms with Crippen LogP contribution in [0.4, 0.5) is 17.3 Å². The molecule has 1 saturated carbocycles. The van der Waals surface area contributed by atoms with Gasteiger partial charge in [-0.05, 0) is 44.0 Å². The number of imidazole rings is 1. The third kappa shape index (κ3) is 3.33. The molecule has 0 spiro atoms. The Kier molecular flexibility index (Phi) is 4.23. The Morgan fingerprint density at radius 2 is 2.07 bits per heavy atom. The monoisotopic (exact) mass is 365 g/mol. The predicted molar refractivity (Wildman–Crippen MR) is 103 cm³/mol. The van der Waals surface area contributed by atoms with Crippen molar-refractivity contribution in [1.29, 1.82) is 0 Å². The number of carbonyl (C=O) groups excluding carboxylic acids is 1. The van der Waals surface area contributed by atoms with Gasteiger partial charge < -0.3 is 9.88 Å². The van der Waals surface area contributed by atoms with Gasteiger partial charge in [0.05, 0.1) is 16.0 Å². The molecule has 8 nitrogen and oxygen atoms in total. The average molecular weight is 365 g/mol. The van der Waals surface area contributed by atoms with Crippen molar-refractivity contribution in [1.82, 2.24) is 9.55 Å². The number of benzene rings is 2. The van der Waals surface area contributed by atoms with Crippen molar-refractivity contribution in [2.75, 3.05) is 10.6 Å². The Bertz CT molecular complexity index is 1040. The second kappa shape index (κ2) is 6.71. The quantitative estimate of drug-likeness (QED) is 0.511. The van der Waals surface area contributed by atoms with E-state index in [4.69, 9.17) is 0 Å². The van der Waals surface area contributed by atoms with Crippen molar-refractivity contribution < 1.29 is 9.72 Å². The Hall–Kier alpha value is -3.42. The first kappa shape index (κ1) is 17.0. The number of hydrogen-bond acceptors (Lipinski definition) is 5. The van der Waals surface area contributed by atoms with Crippen molar-refractivity contribution in [2.45, 2.75) is 32.4 Å². The zero-order chi connectivity index (χ0) is 19.0. The Morgan fingerprint density at radius 1 is 1.30 bits per heavy atom. The second-order valence-electron chi connectivity index (χ2n) is 6.53. The Labute approximate surface area is 155 Å². The third-order valence-electron chi connectivity index (χ3n) is 4.59. The maximum Gasteiger partial charge on any atom is 0.293 e. The molecule has 2 aromatic carbocycles. The summed E-state index contributed by atoms with van der Waals surface area (Å²) in [5.41, 5.74) is 2.27. The van der Waals surface area contributed by atoms with Crippen LogP contribution >= 0.6 is 0 Å². The van der Waals surface area contributed by atoms with E-state index in [1.165, 1.54) is 6.07 Å². The number of rotatable bonds is 6. The summed E-state index contributed by atoms with van der Waals surface area (Å²) in [5, 5.41) is 17.3. The van der Waals surface area contributed by atoms with Crippen molar-refractivity contribution >= 4 is 34.3 Å². The molecular formula is C19H19N5O3. The normalized spacial score (nSPS) is 13.5. The molecule has 8 heteroatoms. The van der Waals surface area contributed by atoms with Crippen LogP contribution in [0, 0.1) is 10.1 Å². The van der Waals surface area contributed by atoms with Gasteiger partial charge in [0.15, 0.2) is 0 Å². The van der Waals surface area contributed by atoms with E-state index < -0.39 is 10.8 Å². The molecule has 27 heavy (non-hydrogen) atoms. The largest absolute Gasteiger partial charge is 0.377 e. The topological polar surface area (TPSA) is 102 Å². The number of nitrogens with zero attached hydrogens (tertiary/aromatic N) is 3. The fraction of sp³-hybridized carbons (Fsp3) is 0.263. The molecule has 0 saturated heterocycles. The van der Waals surface area contributed by atoms with E-state index in [1.54, 1.807) is 12.1 Å². The van der Waals surface area contributed by atoms with E-state index in [-0.39, 0.29) is 17.3 Å². The summed E-state index contributed by atoms with van der Waals surface area (Å²) in [6.07, 6.45) is 2.01. The van der Waals surface area contributed by atoms with Crippen molar-refractivity contribution in [3.05, 3.63) is 58.1 Å². The zero-order valence-corrected chi connectivity index (χ0v) is 14.8. The summed E-state index contributed by atoms with van der Waals surface area (Å²) in [6, 6.07) is 12.4. The maximum atomic E-state index is 12.7. The molecule has 1 heterocycles. The number of nitrogens with one attached hydrogen (secondary N) is 2. The van der Waals surface area contributed by atoms with Crippen LogP contribution < -0.4 is 10.6 Å². The van der Waals surface area contributed by atoms with Gasteiger partial charge in [0.25, 0.3) is 11.6 Å². The molecule has 0 unspecified atom stereocenters. The summed E-state index contributed by atoms with van der Waals surface area (Å²) in [6.45, 7) is 2.60. The number of hydrogen-bond donors (Lipinski definition) is 2. The van der Waals surface area contributed by atoms with E-state index in [1.807, 2.05) is 35.8 Å². The Morgan fingerprint density at radius 3 is 2.78 bits per heavy atom. The second-order valence-corrected chi connectivity index (χ2v) is 6.53. The minimum atomic E-state index is -0.469. The van der Waals surface area contributed by atoms with Crippen LogP contribution in [0.3, 0.4) is 0 Å². The van der Waals surface area contributed by atoms with Crippen LogP contribution in [0.2, 0.25) is 0 Å². The van der Waals surface area contributed by atoms with Crippen LogP contribution in [0.5, 0.6) is 0 Å². The molecule has 1 fully saturated rings. The molecule has 0 aliphatic heterocycles. The highest BCUT2D eigenvalue weighted by molar-refractivity contribution is 6.05. The van der Waals surface area contributed by atoms with Crippen LogP contribution in [0.1, 0.15) is 30.1 Å². The van der Waals surface area contributed by atoms with E-state index in [0.29, 0.717) is 18.2 Å². The molecule has 3 aromatic rings. The van der Waals surface area contributed by atoms with Crippen molar-refractivity contribution in [3.63, 3.8) is 0 Å². The van der Waals surface area contributed by atoms with Crippen LogP contribution in [-0.2, 0) is 6.54 Å². The lowest BCUT2D eigenvalue weighted by molar-refractivity contribution is -0.384.